The topological polar surface area (TPSA) is 26.3 Å². The first kappa shape index (κ1) is 14.3. The van der Waals surface area contributed by atoms with Gasteiger partial charge < -0.3 is 4.74 Å². The highest BCUT2D eigenvalue weighted by atomic mass is 79.9. The van der Waals surface area contributed by atoms with Gasteiger partial charge >= 0.3 is 5.97 Å². The number of ether oxygens (including phenoxy) is 1. The number of aryl methyl sites for hydroxylation is 2. The first-order valence-electron chi connectivity index (χ1n) is 7.12. The highest BCUT2D eigenvalue weighted by Gasteiger charge is 2.25. The average Bonchev–Trinajstić information content (AvgIpc) is 2.50. The molecule has 0 radical (unpaired) electrons. The molecule has 6 rings (SSSR count). The van der Waals surface area contributed by atoms with E-state index in [4.69, 9.17) is 4.74 Å². The molecule has 0 amide bonds. The molecule has 2 unspecified atom stereocenters. The number of carbonyl (C=O) groups is 1. The van der Waals surface area contributed by atoms with Crippen LogP contribution in [-0.4, -0.2) is 5.97 Å². The second-order valence-electron chi connectivity index (χ2n) is 5.41. The maximum atomic E-state index is 11.5. The maximum Gasteiger partial charge on any atom is 0.303 e. The fraction of sp³-hybridized carbons (Fsp3) is 0.278. The van der Waals surface area contributed by atoms with Crippen LogP contribution in [0, 0.1) is 0 Å². The fourth-order valence-electron chi connectivity index (χ4n) is 2.68. The molecule has 0 saturated carbocycles. The van der Waals surface area contributed by atoms with E-state index < -0.39 is 0 Å². The molecule has 0 aromatic heterocycles. The van der Waals surface area contributed by atoms with E-state index in [1.165, 1.54) is 18.1 Å². The standard InChI is InChI=1S/C18H17BrO2/c1-12(20)21-18-16-10-6-14(7-11-16)3-2-13-4-8-15(9-5-13)17(18)19/h4-11,17-18H,2-3H2,1H3. The average molecular weight is 345 g/mol. The van der Waals surface area contributed by atoms with Gasteiger partial charge in [-0.1, -0.05) is 64.5 Å². The smallest absolute Gasteiger partial charge is 0.303 e. The van der Waals surface area contributed by atoms with E-state index in [1.54, 1.807) is 0 Å². The predicted molar refractivity (Wildman–Crippen MR) is 86.5 cm³/mol. The Hall–Kier alpha value is -1.61. The third-order valence-electron chi connectivity index (χ3n) is 3.87. The lowest BCUT2D eigenvalue weighted by atomic mass is 9.95. The van der Waals surface area contributed by atoms with Gasteiger partial charge in [0, 0.05) is 6.92 Å². The van der Waals surface area contributed by atoms with Gasteiger partial charge in [-0.05, 0) is 35.1 Å². The van der Waals surface area contributed by atoms with Gasteiger partial charge in [-0.3, -0.25) is 4.79 Å². The van der Waals surface area contributed by atoms with E-state index >= 15 is 0 Å². The summed E-state index contributed by atoms with van der Waals surface area (Å²) in [6, 6.07) is 16.9. The van der Waals surface area contributed by atoms with Crippen LogP contribution in [-0.2, 0) is 22.4 Å². The Morgan fingerprint density at radius 2 is 1.43 bits per heavy atom. The van der Waals surface area contributed by atoms with Gasteiger partial charge in [-0.15, -0.1) is 0 Å². The SMILES string of the molecule is CC(=O)OC1c2ccc(cc2)CCc2ccc(cc2)C1Br. The zero-order chi connectivity index (χ0) is 14.8. The Labute approximate surface area is 133 Å². The Balaban J connectivity index is 2.06. The number of esters is 1. The molecule has 0 saturated heterocycles. The number of halogens is 1. The number of alkyl halides is 1. The first-order valence-corrected chi connectivity index (χ1v) is 8.04. The van der Waals surface area contributed by atoms with E-state index in [0.29, 0.717) is 0 Å². The molecule has 4 aliphatic rings. The third-order valence-corrected chi connectivity index (χ3v) is 4.88. The number of hydrogen-bond acceptors (Lipinski definition) is 2. The second kappa shape index (κ2) is 6.02. The molecule has 0 fully saturated rings. The van der Waals surface area contributed by atoms with Gasteiger partial charge in [0.1, 0.15) is 6.10 Å². The van der Waals surface area contributed by atoms with Crippen LogP contribution in [0.3, 0.4) is 0 Å². The summed E-state index contributed by atoms with van der Waals surface area (Å²) < 4.78 is 5.55. The van der Waals surface area contributed by atoms with Gasteiger partial charge in [0.2, 0.25) is 0 Å². The van der Waals surface area contributed by atoms with Crippen molar-refractivity contribution in [2.24, 2.45) is 0 Å². The molecule has 4 bridgehead atoms. The van der Waals surface area contributed by atoms with E-state index in [9.17, 15) is 4.79 Å². The number of carbonyl (C=O) groups excluding carboxylic acids is 1. The van der Waals surface area contributed by atoms with E-state index in [-0.39, 0.29) is 16.9 Å². The molecule has 0 heterocycles. The van der Waals surface area contributed by atoms with Crippen LogP contribution in [0.15, 0.2) is 48.5 Å². The summed E-state index contributed by atoms with van der Waals surface area (Å²) in [5, 5.41) is 0. The molecule has 2 aromatic rings. The third kappa shape index (κ3) is 3.18. The highest BCUT2D eigenvalue weighted by Crippen LogP contribution is 2.39. The predicted octanol–water partition coefficient (Wildman–Crippen LogP) is 4.53. The van der Waals surface area contributed by atoms with Crippen molar-refractivity contribution >= 4 is 21.9 Å². The van der Waals surface area contributed by atoms with E-state index in [1.807, 2.05) is 0 Å². The minimum Gasteiger partial charge on any atom is -0.456 e. The summed E-state index contributed by atoms with van der Waals surface area (Å²) in [4.78, 5) is 11.4. The number of hydrogen-bond donors (Lipinski definition) is 0. The monoisotopic (exact) mass is 344 g/mol. The summed E-state index contributed by atoms with van der Waals surface area (Å²) in [6.07, 6.45) is 1.75. The summed E-state index contributed by atoms with van der Waals surface area (Å²) in [5.74, 6) is -0.266. The minimum absolute atomic E-state index is 0.0549. The van der Waals surface area contributed by atoms with E-state index in [2.05, 4.69) is 64.5 Å². The molecule has 0 N–H and O–H groups in total. The Morgan fingerprint density at radius 1 is 0.952 bits per heavy atom. The quantitative estimate of drug-likeness (QED) is 0.561. The lowest BCUT2D eigenvalue weighted by Crippen LogP contribution is -2.14. The Kier molecular flexibility index (Phi) is 4.11. The van der Waals surface area contributed by atoms with Crippen LogP contribution in [0.4, 0.5) is 0 Å². The lowest BCUT2D eigenvalue weighted by Gasteiger charge is -2.24. The van der Waals surface area contributed by atoms with Crippen LogP contribution in [0.1, 0.15) is 40.1 Å². The summed E-state index contributed by atoms with van der Waals surface area (Å²) in [7, 11) is 0. The molecule has 3 heteroatoms. The van der Waals surface area contributed by atoms with Crippen molar-refractivity contribution < 1.29 is 9.53 Å². The molecular weight excluding hydrogens is 328 g/mol. The fourth-order valence-corrected chi connectivity index (χ4v) is 3.40. The molecule has 2 aromatic carbocycles. The normalized spacial score (nSPS) is 20.7. The van der Waals surface area contributed by atoms with Crippen LogP contribution in [0.25, 0.3) is 0 Å². The molecule has 2 atom stereocenters. The van der Waals surface area contributed by atoms with Crippen molar-refractivity contribution in [2.75, 3.05) is 0 Å². The Bertz CT molecular complexity index is 631. The molecule has 4 aliphatic carbocycles. The Morgan fingerprint density at radius 3 is 1.90 bits per heavy atom. The molecule has 21 heavy (non-hydrogen) atoms. The van der Waals surface area contributed by atoms with Crippen LogP contribution < -0.4 is 0 Å². The van der Waals surface area contributed by atoms with E-state index in [0.717, 1.165) is 24.0 Å². The summed E-state index contributed by atoms with van der Waals surface area (Å²) >= 11 is 3.70. The van der Waals surface area contributed by atoms with Gasteiger partial charge in [0.25, 0.3) is 0 Å². The molecular formula is C18H17BrO2. The second-order valence-corrected chi connectivity index (χ2v) is 6.40. The van der Waals surface area contributed by atoms with Gasteiger partial charge in [-0.2, -0.15) is 0 Å². The van der Waals surface area contributed by atoms with Crippen LogP contribution >= 0.6 is 15.9 Å². The van der Waals surface area contributed by atoms with Crippen molar-refractivity contribution in [3.63, 3.8) is 0 Å². The zero-order valence-electron chi connectivity index (χ0n) is 11.9. The van der Waals surface area contributed by atoms with Gasteiger partial charge in [0.05, 0.1) is 4.83 Å². The van der Waals surface area contributed by atoms with Crippen molar-refractivity contribution in [1.29, 1.82) is 0 Å². The minimum atomic E-state index is -0.318. The van der Waals surface area contributed by atoms with Gasteiger partial charge in [-0.25, -0.2) is 0 Å². The highest BCUT2D eigenvalue weighted by molar-refractivity contribution is 9.09. The van der Waals surface area contributed by atoms with Crippen molar-refractivity contribution in [3.8, 4) is 0 Å². The molecule has 0 aliphatic heterocycles. The van der Waals surface area contributed by atoms with Crippen molar-refractivity contribution in [3.05, 3.63) is 70.8 Å². The molecule has 0 spiro atoms. The molecule has 108 valence electrons. The number of rotatable bonds is 1. The van der Waals surface area contributed by atoms with Gasteiger partial charge in [0.15, 0.2) is 0 Å². The summed E-state index contributed by atoms with van der Waals surface area (Å²) in [6.45, 7) is 1.45. The first-order chi connectivity index (χ1) is 10.1. The number of benzene rings is 2. The lowest BCUT2D eigenvalue weighted by molar-refractivity contribution is -0.146. The van der Waals surface area contributed by atoms with Crippen molar-refractivity contribution in [1.82, 2.24) is 0 Å². The largest absolute Gasteiger partial charge is 0.456 e. The zero-order valence-corrected chi connectivity index (χ0v) is 13.5. The molecule has 2 nitrogen and oxygen atoms in total. The maximum absolute atomic E-state index is 11.5. The van der Waals surface area contributed by atoms with Crippen molar-refractivity contribution in [2.45, 2.75) is 30.7 Å². The summed E-state index contributed by atoms with van der Waals surface area (Å²) in [5.41, 5.74) is 4.76. The van der Waals surface area contributed by atoms with Crippen LogP contribution in [0.2, 0.25) is 0 Å². The van der Waals surface area contributed by atoms with Crippen LogP contribution in [0.5, 0.6) is 0 Å².